The maximum absolute atomic E-state index is 12.0. The number of aliphatic hydroxyl groups is 4. The van der Waals surface area contributed by atoms with E-state index >= 15 is 0 Å². The predicted molar refractivity (Wildman–Crippen MR) is 70.0 cm³/mol. The highest BCUT2D eigenvalue weighted by Gasteiger charge is 2.60. The average molecular weight is 322 g/mol. The van der Waals surface area contributed by atoms with Gasteiger partial charge in [-0.25, -0.2) is 0 Å². The third-order valence-electron chi connectivity index (χ3n) is 3.05. The molecular formula is C13H22O9. The Balaban J connectivity index is 3.19. The maximum Gasteiger partial charge on any atom is 0.406 e. The van der Waals surface area contributed by atoms with Crippen LogP contribution in [0.5, 0.6) is 0 Å². The molecule has 0 aromatic rings. The van der Waals surface area contributed by atoms with Gasteiger partial charge < -0.3 is 29.9 Å². The van der Waals surface area contributed by atoms with E-state index in [2.05, 4.69) is 0 Å². The standard InChI is InChI=1S/C13H22O9/c1-6(15)20-13(22-11(19)12(2,3)4)10(18)9(17)8(16)7(5-14)21-13/h7-10,14,16-18H,5H2,1-4H3/t7-,8-,9+,10-,13?/m1/s1. The molecule has 1 fully saturated rings. The Kier molecular flexibility index (Phi) is 5.52. The third-order valence-corrected chi connectivity index (χ3v) is 3.05. The lowest BCUT2D eigenvalue weighted by atomic mass is 9.95. The van der Waals surface area contributed by atoms with Crippen molar-refractivity contribution >= 4 is 11.9 Å². The second-order valence-electron chi connectivity index (χ2n) is 6.10. The van der Waals surface area contributed by atoms with Gasteiger partial charge in [0.2, 0.25) is 0 Å². The minimum Gasteiger partial charge on any atom is -0.396 e. The van der Waals surface area contributed by atoms with Crippen molar-refractivity contribution in [1.82, 2.24) is 0 Å². The van der Waals surface area contributed by atoms with Crippen molar-refractivity contribution in [2.45, 2.75) is 58.1 Å². The lowest BCUT2D eigenvalue weighted by Crippen LogP contribution is -2.68. The van der Waals surface area contributed by atoms with Crippen molar-refractivity contribution in [3.05, 3.63) is 0 Å². The molecule has 4 N–H and O–H groups in total. The van der Waals surface area contributed by atoms with Gasteiger partial charge in [0.05, 0.1) is 12.0 Å². The quantitative estimate of drug-likeness (QED) is 0.352. The number of ether oxygens (including phenoxy) is 3. The van der Waals surface area contributed by atoms with Crippen LogP contribution in [0, 0.1) is 5.41 Å². The molecule has 0 saturated carbocycles. The van der Waals surface area contributed by atoms with Gasteiger partial charge in [-0.3, -0.25) is 14.3 Å². The SMILES string of the molecule is CC(=O)OC1(OC(=O)C(C)(C)C)O[C@H](CO)[C@@H](O)[C@H](O)[C@H]1O. The van der Waals surface area contributed by atoms with E-state index in [1.165, 1.54) is 20.8 Å². The number of aliphatic hydroxyl groups excluding tert-OH is 4. The molecule has 0 bridgehead atoms. The van der Waals surface area contributed by atoms with Crippen LogP contribution < -0.4 is 0 Å². The summed E-state index contributed by atoms with van der Waals surface area (Å²) in [6.45, 7) is 4.76. The van der Waals surface area contributed by atoms with Gasteiger partial charge in [0.25, 0.3) is 0 Å². The molecule has 0 aliphatic carbocycles. The first-order valence-corrected chi connectivity index (χ1v) is 6.70. The van der Waals surface area contributed by atoms with Gasteiger partial charge in [-0.05, 0) is 20.8 Å². The molecule has 0 aromatic carbocycles. The summed E-state index contributed by atoms with van der Waals surface area (Å²) in [5, 5.41) is 38.8. The van der Waals surface area contributed by atoms with Crippen LogP contribution in [0.3, 0.4) is 0 Å². The lowest BCUT2D eigenvalue weighted by Gasteiger charge is -2.46. The second-order valence-corrected chi connectivity index (χ2v) is 6.10. The Labute approximate surface area is 127 Å². The van der Waals surface area contributed by atoms with E-state index in [1.54, 1.807) is 0 Å². The van der Waals surface area contributed by atoms with Crippen molar-refractivity contribution in [1.29, 1.82) is 0 Å². The Morgan fingerprint density at radius 1 is 1.14 bits per heavy atom. The first-order chi connectivity index (χ1) is 9.94. The minimum absolute atomic E-state index is 0.763. The first-order valence-electron chi connectivity index (χ1n) is 6.70. The zero-order valence-corrected chi connectivity index (χ0v) is 12.8. The molecule has 1 unspecified atom stereocenters. The summed E-state index contributed by atoms with van der Waals surface area (Å²) >= 11 is 0. The summed E-state index contributed by atoms with van der Waals surface area (Å²) in [4.78, 5) is 23.3. The van der Waals surface area contributed by atoms with Gasteiger partial charge in [-0.2, -0.15) is 0 Å². The molecule has 0 spiro atoms. The van der Waals surface area contributed by atoms with Crippen LogP contribution >= 0.6 is 0 Å². The summed E-state index contributed by atoms with van der Waals surface area (Å²) in [5.41, 5.74) is -1.02. The summed E-state index contributed by atoms with van der Waals surface area (Å²) in [7, 11) is 0. The first kappa shape index (κ1) is 18.8. The number of carbonyl (C=O) groups is 2. The number of carbonyl (C=O) groups excluding carboxylic acids is 2. The van der Waals surface area contributed by atoms with Crippen molar-refractivity contribution in [3.63, 3.8) is 0 Å². The molecule has 0 amide bonds. The van der Waals surface area contributed by atoms with E-state index in [0.717, 1.165) is 6.92 Å². The van der Waals surface area contributed by atoms with Crippen molar-refractivity contribution in [3.8, 4) is 0 Å². The molecule has 0 radical (unpaired) electrons. The van der Waals surface area contributed by atoms with Gasteiger partial charge in [0.1, 0.15) is 18.3 Å². The van der Waals surface area contributed by atoms with Gasteiger partial charge in [0, 0.05) is 6.92 Å². The topological polar surface area (TPSA) is 143 Å². The zero-order valence-electron chi connectivity index (χ0n) is 12.8. The summed E-state index contributed by atoms with van der Waals surface area (Å²) < 4.78 is 14.9. The van der Waals surface area contributed by atoms with E-state index in [-0.39, 0.29) is 0 Å². The molecule has 1 aliphatic heterocycles. The van der Waals surface area contributed by atoms with Crippen LogP contribution in [0.25, 0.3) is 0 Å². The summed E-state index contributed by atoms with van der Waals surface area (Å²) in [6.07, 6.45) is -7.00. The van der Waals surface area contributed by atoms with Gasteiger partial charge in [0.15, 0.2) is 6.10 Å². The van der Waals surface area contributed by atoms with E-state index in [1.807, 2.05) is 0 Å². The minimum atomic E-state index is -2.65. The van der Waals surface area contributed by atoms with Crippen molar-refractivity contribution in [2.75, 3.05) is 6.61 Å². The fraction of sp³-hybridized carbons (Fsp3) is 0.846. The number of rotatable bonds is 3. The monoisotopic (exact) mass is 322 g/mol. The molecule has 5 atom stereocenters. The number of hydrogen-bond donors (Lipinski definition) is 4. The molecule has 1 aliphatic rings. The summed E-state index contributed by atoms with van der Waals surface area (Å²) in [5.74, 6) is -4.49. The highest BCUT2D eigenvalue weighted by molar-refractivity contribution is 5.76. The van der Waals surface area contributed by atoms with Crippen LogP contribution in [0.2, 0.25) is 0 Å². The largest absolute Gasteiger partial charge is 0.406 e. The normalized spacial score (nSPS) is 35.8. The molecule has 9 nitrogen and oxygen atoms in total. The Morgan fingerprint density at radius 3 is 2.09 bits per heavy atom. The molecule has 0 aromatic heterocycles. The van der Waals surface area contributed by atoms with Crippen LogP contribution in [0.4, 0.5) is 0 Å². The number of esters is 2. The lowest BCUT2D eigenvalue weighted by molar-refractivity contribution is -0.434. The Bertz CT molecular complexity index is 428. The van der Waals surface area contributed by atoms with E-state index in [9.17, 15) is 24.9 Å². The van der Waals surface area contributed by atoms with Crippen molar-refractivity contribution in [2.24, 2.45) is 5.41 Å². The molecule has 9 heteroatoms. The second kappa shape index (κ2) is 6.47. The Morgan fingerprint density at radius 2 is 1.68 bits per heavy atom. The van der Waals surface area contributed by atoms with Gasteiger partial charge >= 0.3 is 17.9 Å². The van der Waals surface area contributed by atoms with Crippen molar-refractivity contribution < 1.29 is 44.2 Å². The number of hydrogen-bond acceptors (Lipinski definition) is 9. The fourth-order valence-corrected chi connectivity index (χ4v) is 1.78. The predicted octanol–water partition coefficient (Wildman–Crippen LogP) is -1.73. The zero-order chi connectivity index (χ0) is 17.3. The van der Waals surface area contributed by atoms with E-state index in [4.69, 9.17) is 19.3 Å². The molecule has 1 saturated heterocycles. The third kappa shape index (κ3) is 3.73. The average Bonchev–Trinajstić information content (AvgIpc) is 2.38. The van der Waals surface area contributed by atoms with Crippen LogP contribution in [-0.2, 0) is 23.8 Å². The van der Waals surface area contributed by atoms with Crippen LogP contribution in [0.15, 0.2) is 0 Å². The smallest absolute Gasteiger partial charge is 0.396 e. The molecule has 22 heavy (non-hydrogen) atoms. The maximum atomic E-state index is 12.0. The van der Waals surface area contributed by atoms with Gasteiger partial charge in [-0.1, -0.05) is 0 Å². The molecule has 1 heterocycles. The van der Waals surface area contributed by atoms with Crippen LogP contribution in [-0.4, -0.2) is 69.4 Å². The highest BCUT2D eigenvalue weighted by Crippen LogP contribution is 2.34. The van der Waals surface area contributed by atoms with E-state index < -0.39 is 54.3 Å². The summed E-state index contributed by atoms with van der Waals surface area (Å²) in [6, 6.07) is 0. The molecule has 1 rings (SSSR count). The molecule has 128 valence electrons. The van der Waals surface area contributed by atoms with Crippen LogP contribution in [0.1, 0.15) is 27.7 Å². The fourth-order valence-electron chi connectivity index (χ4n) is 1.78. The Hall–Kier alpha value is -1.26. The van der Waals surface area contributed by atoms with Gasteiger partial charge in [-0.15, -0.1) is 0 Å². The van der Waals surface area contributed by atoms with E-state index in [0.29, 0.717) is 0 Å². The molecular weight excluding hydrogens is 300 g/mol. The highest BCUT2D eigenvalue weighted by atomic mass is 16.9.